The van der Waals surface area contributed by atoms with Crippen molar-refractivity contribution in [1.29, 1.82) is 0 Å². The number of amidine groups is 1. The van der Waals surface area contributed by atoms with Crippen LogP contribution in [0.25, 0.3) is 0 Å². The van der Waals surface area contributed by atoms with Crippen LogP contribution in [0.2, 0.25) is 0 Å². The molecule has 8 rings (SSSR count). The van der Waals surface area contributed by atoms with Gasteiger partial charge in [-0.3, -0.25) is 4.99 Å². The fraction of sp³-hybridized carbons (Fsp3) is 0.618. The minimum Gasteiger partial charge on any atom is -0.398 e. The average molecular weight is 580 g/mol. The Balaban J connectivity index is 1.45. The maximum Gasteiger partial charge on any atom is 0.132 e. The summed E-state index contributed by atoms with van der Waals surface area (Å²) in [6.45, 7) is 8.56. The van der Waals surface area contributed by atoms with Gasteiger partial charge >= 0.3 is 0 Å². The molecule has 1 saturated heterocycles. The molecule has 1 saturated carbocycles. The van der Waals surface area contributed by atoms with Gasteiger partial charge in [0.25, 0.3) is 0 Å². The van der Waals surface area contributed by atoms with Gasteiger partial charge < -0.3 is 21.7 Å². The summed E-state index contributed by atoms with van der Waals surface area (Å²) >= 11 is 0. The van der Waals surface area contributed by atoms with Crippen molar-refractivity contribution in [3.8, 4) is 0 Å². The molecule has 2 aromatic carbocycles. The van der Waals surface area contributed by atoms with Crippen molar-refractivity contribution in [2.24, 2.45) is 22.6 Å². The molecule has 0 spiro atoms. The van der Waals surface area contributed by atoms with Crippen LogP contribution in [0.3, 0.4) is 0 Å². The van der Waals surface area contributed by atoms with Crippen LogP contribution in [-0.2, 0) is 11.6 Å². The maximum absolute atomic E-state index is 16.0. The average Bonchev–Trinajstić information content (AvgIpc) is 3.42. The zero-order valence-electron chi connectivity index (χ0n) is 25.2. The first-order valence-corrected chi connectivity index (χ1v) is 16.6. The van der Waals surface area contributed by atoms with Crippen LogP contribution in [0.15, 0.2) is 35.3 Å². The Labute approximate surface area is 249 Å². The maximum atomic E-state index is 16.0. The van der Waals surface area contributed by atoms with Gasteiger partial charge in [-0.1, -0.05) is 63.6 Å². The number of halogens is 1. The smallest absolute Gasteiger partial charge is 0.132 e. The van der Waals surface area contributed by atoms with Gasteiger partial charge in [0.2, 0.25) is 0 Å². The van der Waals surface area contributed by atoms with E-state index in [1.165, 1.54) is 70.1 Å². The fourth-order valence-corrected chi connectivity index (χ4v) is 7.51. The highest BCUT2D eigenvalue weighted by atomic mass is 31.0. The summed E-state index contributed by atoms with van der Waals surface area (Å²) < 4.78 is 16.0. The molecule has 5 aliphatic heterocycles. The summed E-state index contributed by atoms with van der Waals surface area (Å²) in [5.41, 5.74) is 18.3. The second-order valence-corrected chi connectivity index (χ2v) is 14.5. The van der Waals surface area contributed by atoms with Crippen LogP contribution in [0.4, 0.5) is 15.8 Å². The second kappa shape index (κ2) is 13.4. The molecule has 224 valence electrons. The van der Waals surface area contributed by atoms with Crippen molar-refractivity contribution in [2.45, 2.75) is 95.7 Å². The summed E-state index contributed by atoms with van der Waals surface area (Å²) in [5, 5.41) is 3.38. The SMILES string of the molecule is C[C@H]1N=C(N)c2cc(CC3CCCC3)c(cc2N)NCCCCCCN2CC(CCC(C)(P)c3cccc1c3F)C2. The van der Waals surface area contributed by atoms with Crippen LogP contribution in [0, 0.1) is 17.7 Å². The van der Waals surface area contributed by atoms with E-state index in [1.807, 2.05) is 31.2 Å². The molecule has 5 heterocycles. The minimum atomic E-state index is -0.423. The molecule has 3 atom stereocenters. The van der Waals surface area contributed by atoms with Gasteiger partial charge in [-0.15, -0.1) is 9.24 Å². The topological polar surface area (TPSA) is 79.7 Å². The molecule has 2 aromatic rings. The molecule has 0 radical (unpaired) electrons. The van der Waals surface area contributed by atoms with Gasteiger partial charge in [0.1, 0.15) is 11.7 Å². The van der Waals surface area contributed by atoms with E-state index in [1.54, 1.807) is 0 Å². The third-order valence-corrected chi connectivity index (χ3v) is 10.4. The van der Waals surface area contributed by atoms with Crippen LogP contribution in [0.1, 0.15) is 106 Å². The van der Waals surface area contributed by atoms with Crippen molar-refractivity contribution >= 4 is 26.5 Å². The van der Waals surface area contributed by atoms with Crippen LogP contribution >= 0.6 is 9.24 Å². The lowest BCUT2D eigenvalue weighted by molar-refractivity contribution is 0.0887. The summed E-state index contributed by atoms with van der Waals surface area (Å²) in [7, 11) is 2.94. The molecule has 5 N–H and O–H groups in total. The predicted molar refractivity (Wildman–Crippen MR) is 175 cm³/mol. The molecule has 0 aromatic heterocycles. The number of anilines is 2. The first kappa shape index (κ1) is 30.3. The first-order chi connectivity index (χ1) is 19.7. The number of hydrogen-bond donors (Lipinski definition) is 3. The number of nitrogens with two attached hydrogens (primary N) is 2. The van der Waals surface area contributed by atoms with E-state index < -0.39 is 6.04 Å². The summed E-state index contributed by atoms with van der Waals surface area (Å²) in [6.07, 6.45) is 13.2. The molecule has 1 aliphatic carbocycles. The van der Waals surface area contributed by atoms with Gasteiger partial charge in [-0.05, 0) is 80.7 Å². The predicted octanol–water partition coefficient (Wildman–Crippen LogP) is 7.40. The number of benzene rings is 2. The van der Waals surface area contributed by atoms with E-state index in [-0.39, 0.29) is 11.0 Å². The number of nitrogen functional groups attached to an aromatic ring is 1. The molecule has 2 fully saturated rings. The molecule has 41 heavy (non-hydrogen) atoms. The number of nitrogens with zero attached hydrogens (tertiary/aromatic N) is 2. The number of aliphatic imine (C=N–C) groups is 1. The highest BCUT2D eigenvalue weighted by molar-refractivity contribution is 7.18. The molecule has 2 unspecified atom stereocenters. The number of nitrogens with one attached hydrogen (secondary N) is 1. The van der Waals surface area contributed by atoms with Gasteiger partial charge in [-0.2, -0.15) is 0 Å². The van der Waals surface area contributed by atoms with E-state index in [9.17, 15) is 0 Å². The highest BCUT2D eigenvalue weighted by Crippen LogP contribution is 2.41. The molecule has 5 nitrogen and oxygen atoms in total. The summed E-state index contributed by atoms with van der Waals surface area (Å²) in [6, 6.07) is 9.49. The monoisotopic (exact) mass is 579 g/mol. The Kier molecular flexibility index (Phi) is 9.92. The van der Waals surface area contributed by atoms with Gasteiger partial charge in [0.05, 0.1) is 6.04 Å². The largest absolute Gasteiger partial charge is 0.398 e. The fourth-order valence-electron chi connectivity index (χ4n) is 7.12. The molecular formula is C34H51FN5P. The van der Waals surface area contributed by atoms with Gasteiger partial charge in [-0.25, -0.2) is 4.39 Å². The van der Waals surface area contributed by atoms with Crippen molar-refractivity contribution in [3.63, 3.8) is 0 Å². The Bertz CT molecular complexity index is 1220. The zero-order valence-corrected chi connectivity index (χ0v) is 26.4. The summed E-state index contributed by atoms with van der Waals surface area (Å²) in [5.74, 6) is 1.62. The molecule has 6 bridgehead atoms. The van der Waals surface area contributed by atoms with E-state index in [4.69, 9.17) is 16.5 Å². The van der Waals surface area contributed by atoms with Crippen molar-refractivity contribution in [1.82, 2.24) is 4.90 Å². The summed E-state index contributed by atoms with van der Waals surface area (Å²) in [4.78, 5) is 7.39. The Morgan fingerprint density at radius 2 is 1.80 bits per heavy atom. The minimum absolute atomic E-state index is 0.169. The highest BCUT2D eigenvalue weighted by Gasteiger charge is 2.31. The Morgan fingerprint density at radius 3 is 2.59 bits per heavy atom. The van der Waals surface area contributed by atoms with Gasteiger partial charge in [0.15, 0.2) is 0 Å². The third kappa shape index (κ3) is 7.43. The lowest BCUT2D eigenvalue weighted by Crippen LogP contribution is -2.47. The Morgan fingerprint density at radius 1 is 1.05 bits per heavy atom. The molecule has 0 amide bonds. The van der Waals surface area contributed by atoms with E-state index >= 15 is 4.39 Å². The zero-order chi connectivity index (χ0) is 29.0. The Hall–Kier alpha value is -2.17. The second-order valence-electron chi connectivity index (χ2n) is 13.3. The van der Waals surface area contributed by atoms with Crippen molar-refractivity contribution < 1.29 is 4.39 Å². The lowest BCUT2D eigenvalue weighted by Gasteiger charge is -2.41. The van der Waals surface area contributed by atoms with E-state index in [2.05, 4.69) is 32.4 Å². The quantitative estimate of drug-likeness (QED) is 0.256. The first-order valence-electron chi connectivity index (χ1n) is 16.0. The standard InChI is InChI=1S/C34H51FN5P/c1-23-27-12-9-13-29(32(27)35)34(2,41)15-14-25-21-40(22-25)17-8-4-3-7-16-38-31-20-30(36)28(33(37)39-23)19-26(31)18-24-10-5-6-11-24/h9,12-13,19-20,23-25,38H,3-8,10-11,14-18,21-22,36,41H2,1-2H3,(H2,37,39)/t23-,34?/m1/s1. The molecule has 6 aliphatic rings. The van der Waals surface area contributed by atoms with Crippen LogP contribution < -0.4 is 16.8 Å². The number of rotatable bonds is 2. The van der Waals surface area contributed by atoms with Crippen molar-refractivity contribution in [3.05, 3.63) is 58.4 Å². The normalized spacial score (nSPS) is 28.5. The molecular weight excluding hydrogens is 528 g/mol. The van der Waals surface area contributed by atoms with Crippen LogP contribution in [0.5, 0.6) is 0 Å². The number of hydrogen-bond acceptors (Lipinski definition) is 5. The third-order valence-electron chi connectivity index (χ3n) is 9.78. The van der Waals surface area contributed by atoms with E-state index in [0.717, 1.165) is 49.0 Å². The molecule has 7 heteroatoms. The van der Waals surface area contributed by atoms with Crippen molar-refractivity contribution in [2.75, 3.05) is 37.2 Å². The lowest BCUT2D eigenvalue weighted by atomic mass is 9.86. The van der Waals surface area contributed by atoms with Crippen LogP contribution in [-0.4, -0.2) is 36.9 Å². The van der Waals surface area contributed by atoms with Gasteiger partial charge in [0, 0.05) is 47.3 Å². The van der Waals surface area contributed by atoms with E-state index in [0.29, 0.717) is 28.9 Å².